The first kappa shape index (κ1) is 14.1. The van der Waals surface area contributed by atoms with Gasteiger partial charge in [0.05, 0.1) is 5.56 Å². The Morgan fingerprint density at radius 3 is 2.71 bits per heavy atom. The van der Waals surface area contributed by atoms with E-state index in [2.05, 4.69) is 26.1 Å². The molecule has 3 heteroatoms. The van der Waals surface area contributed by atoms with Crippen molar-refractivity contribution in [2.75, 3.05) is 5.75 Å². The van der Waals surface area contributed by atoms with Gasteiger partial charge in [0.25, 0.3) is 5.91 Å². The third-order valence-electron chi connectivity index (χ3n) is 2.53. The summed E-state index contributed by atoms with van der Waals surface area (Å²) in [5.41, 5.74) is 0.794. The predicted octanol–water partition coefficient (Wildman–Crippen LogP) is 3.72. The van der Waals surface area contributed by atoms with Gasteiger partial charge >= 0.3 is 0 Å². The SMILES string of the molecule is CCCC(C)NC(=O)c1ccccc1SCC. The van der Waals surface area contributed by atoms with Crippen LogP contribution in [0.15, 0.2) is 29.2 Å². The highest BCUT2D eigenvalue weighted by Crippen LogP contribution is 2.22. The molecule has 0 fully saturated rings. The van der Waals surface area contributed by atoms with Gasteiger partial charge in [0.15, 0.2) is 0 Å². The van der Waals surface area contributed by atoms with Gasteiger partial charge in [-0.1, -0.05) is 32.4 Å². The lowest BCUT2D eigenvalue weighted by molar-refractivity contribution is 0.0935. The zero-order valence-corrected chi connectivity index (χ0v) is 11.6. The van der Waals surface area contributed by atoms with Crippen molar-refractivity contribution in [3.05, 3.63) is 29.8 Å². The lowest BCUT2D eigenvalue weighted by Crippen LogP contribution is -2.32. The zero-order valence-electron chi connectivity index (χ0n) is 10.8. The van der Waals surface area contributed by atoms with Crippen LogP contribution < -0.4 is 5.32 Å². The molecule has 1 unspecified atom stereocenters. The van der Waals surface area contributed by atoms with E-state index < -0.39 is 0 Å². The quantitative estimate of drug-likeness (QED) is 0.781. The second-order valence-electron chi connectivity index (χ2n) is 4.09. The van der Waals surface area contributed by atoms with Crippen LogP contribution in [-0.4, -0.2) is 17.7 Å². The summed E-state index contributed by atoms with van der Waals surface area (Å²) in [4.78, 5) is 13.2. The predicted molar refractivity (Wildman–Crippen MR) is 74.7 cm³/mol. The largest absolute Gasteiger partial charge is 0.350 e. The van der Waals surface area contributed by atoms with Gasteiger partial charge in [-0.05, 0) is 31.2 Å². The summed E-state index contributed by atoms with van der Waals surface area (Å²) in [6.45, 7) is 6.28. The third-order valence-corrected chi connectivity index (χ3v) is 3.49. The first-order valence-electron chi connectivity index (χ1n) is 6.21. The maximum atomic E-state index is 12.1. The second kappa shape index (κ2) is 7.38. The molecule has 1 rings (SSSR count). The fourth-order valence-electron chi connectivity index (χ4n) is 1.74. The molecule has 0 radical (unpaired) electrons. The number of rotatable bonds is 6. The van der Waals surface area contributed by atoms with Crippen LogP contribution in [-0.2, 0) is 0 Å². The normalized spacial score (nSPS) is 12.2. The van der Waals surface area contributed by atoms with Crippen molar-refractivity contribution in [1.29, 1.82) is 0 Å². The van der Waals surface area contributed by atoms with Crippen molar-refractivity contribution in [3.8, 4) is 0 Å². The van der Waals surface area contributed by atoms with Crippen molar-refractivity contribution >= 4 is 17.7 Å². The van der Waals surface area contributed by atoms with E-state index in [0.717, 1.165) is 29.1 Å². The van der Waals surface area contributed by atoms with E-state index >= 15 is 0 Å². The van der Waals surface area contributed by atoms with Crippen molar-refractivity contribution in [3.63, 3.8) is 0 Å². The highest BCUT2D eigenvalue weighted by atomic mass is 32.2. The number of hydrogen-bond acceptors (Lipinski definition) is 2. The molecule has 1 aromatic rings. The molecule has 94 valence electrons. The van der Waals surface area contributed by atoms with Gasteiger partial charge in [0.2, 0.25) is 0 Å². The Labute approximate surface area is 108 Å². The van der Waals surface area contributed by atoms with Crippen LogP contribution in [0, 0.1) is 0 Å². The van der Waals surface area contributed by atoms with E-state index in [9.17, 15) is 4.79 Å². The maximum absolute atomic E-state index is 12.1. The molecule has 1 aromatic carbocycles. The summed E-state index contributed by atoms with van der Waals surface area (Å²) in [5.74, 6) is 1.02. The van der Waals surface area contributed by atoms with Gasteiger partial charge in [-0.15, -0.1) is 11.8 Å². The summed E-state index contributed by atoms with van der Waals surface area (Å²) in [7, 11) is 0. The van der Waals surface area contributed by atoms with Crippen LogP contribution in [0.4, 0.5) is 0 Å². The summed E-state index contributed by atoms with van der Waals surface area (Å²) < 4.78 is 0. The average molecular weight is 251 g/mol. The third kappa shape index (κ3) is 4.43. The molecule has 2 nitrogen and oxygen atoms in total. The number of amides is 1. The van der Waals surface area contributed by atoms with Crippen molar-refractivity contribution < 1.29 is 4.79 Å². The number of nitrogens with one attached hydrogen (secondary N) is 1. The van der Waals surface area contributed by atoms with Crippen LogP contribution >= 0.6 is 11.8 Å². The van der Waals surface area contributed by atoms with Gasteiger partial charge in [0, 0.05) is 10.9 Å². The zero-order chi connectivity index (χ0) is 12.7. The van der Waals surface area contributed by atoms with E-state index in [1.807, 2.05) is 24.3 Å². The molecule has 0 aliphatic heterocycles. The number of benzene rings is 1. The highest BCUT2D eigenvalue weighted by Gasteiger charge is 2.12. The molecule has 0 aliphatic rings. The van der Waals surface area contributed by atoms with Gasteiger partial charge in [-0.3, -0.25) is 4.79 Å². The molecular formula is C14H21NOS. The molecule has 1 amide bonds. The van der Waals surface area contributed by atoms with Crippen molar-refractivity contribution in [2.45, 2.75) is 44.6 Å². The Kier molecular flexibility index (Phi) is 6.12. The van der Waals surface area contributed by atoms with E-state index in [1.165, 1.54) is 0 Å². The number of thioether (sulfide) groups is 1. The van der Waals surface area contributed by atoms with Gasteiger partial charge in [0.1, 0.15) is 0 Å². The van der Waals surface area contributed by atoms with E-state index in [1.54, 1.807) is 11.8 Å². The Bertz CT molecular complexity index is 365. The number of carbonyl (C=O) groups excluding carboxylic acids is 1. The van der Waals surface area contributed by atoms with Crippen LogP contribution in [0.3, 0.4) is 0 Å². The summed E-state index contributed by atoms with van der Waals surface area (Å²) in [6.07, 6.45) is 2.11. The summed E-state index contributed by atoms with van der Waals surface area (Å²) in [6, 6.07) is 8.04. The molecule has 0 aromatic heterocycles. The van der Waals surface area contributed by atoms with Gasteiger partial charge in [-0.2, -0.15) is 0 Å². The molecule has 0 heterocycles. The first-order chi connectivity index (χ1) is 8.19. The molecule has 0 spiro atoms. The Hall–Kier alpha value is -0.960. The summed E-state index contributed by atoms with van der Waals surface area (Å²) >= 11 is 1.71. The topological polar surface area (TPSA) is 29.1 Å². The molecular weight excluding hydrogens is 230 g/mol. The second-order valence-corrected chi connectivity index (χ2v) is 5.40. The molecule has 17 heavy (non-hydrogen) atoms. The minimum atomic E-state index is 0.0440. The molecule has 1 N–H and O–H groups in total. The standard InChI is InChI=1S/C14H21NOS/c1-4-8-11(3)15-14(16)12-9-6-7-10-13(12)17-5-2/h6-7,9-11H,4-5,8H2,1-3H3,(H,15,16). The van der Waals surface area contributed by atoms with E-state index in [0.29, 0.717) is 0 Å². The fourth-order valence-corrected chi connectivity index (χ4v) is 2.54. The van der Waals surface area contributed by atoms with Crippen LogP contribution in [0.25, 0.3) is 0 Å². The molecule has 0 saturated heterocycles. The van der Waals surface area contributed by atoms with E-state index in [4.69, 9.17) is 0 Å². The molecule has 1 atom stereocenters. The number of carbonyl (C=O) groups is 1. The first-order valence-corrected chi connectivity index (χ1v) is 7.20. The minimum Gasteiger partial charge on any atom is -0.350 e. The highest BCUT2D eigenvalue weighted by molar-refractivity contribution is 7.99. The Morgan fingerprint density at radius 1 is 1.35 bits per heavy atom. The van der Waals surface area contributed by atoms with Crippen LogP contribution in [0.2, 0.25) is 0 Å². The van der Waals surface area contributed by atoms with Crippen molar-refractivity contribution in [2.24, 2.45) is 0 Å². The van der Waals surface area contributed by atoms with E-state index in [-0.39, 0.29) is 11.9 Å². The van der Waals surface area contributed by atoms with Crippen molar-refractivity contribution in [1.82, 2.24) is 5.32 Å². The smallest absolute Gasteiger partial charge is 0.252 e. The number of hydrogen-bond donors (Lipinski definition) is 1. The minimum absolute atomic E-state index is 0.0440. The lowest BCUT2D eigenvalue weighted by atomic mass is 10.1. The van der Waals surface area contributed by atoms with Gasteiger partial charge < -0.3 is 5.32 Å². The molecule has 0 aliphatic carbocycles. The monoisotopic (exact) mass is 251 g/mol. The Balaban J connectivity index is 2.74. The fraction of sp³-hybridized carbons (Fsp3) is 0.500. The molecule has 0 bridgehead atoms. The lowest BCUT2D eigenvalue weighted by Gasteiger charge is -2.14. The van der Waals surface area contributed by atoms with Crippen LogP contribution in [0.5, 0.6) is 0 Å². The average Bonchev–Trinajstić information content (AvgIpc) is 2.30. The summed E-state index contributed by atoms with van der Waals surface area (Å²) in [5, 5.41) is 3.04. The van der Waals surface area contributed by atoms with Gasteiger partial charge in [-0.25, -0.2) is 0 Å². The molecule has 0 saturated carbocycles. The van der Waals surface area contributed by atoms with Crippen LogP contribution in [0.1, 0.15) is 44.0 Å². The Morgan fingerprint density at radius 2 is 2.06 bits per heavy atom. The maximum Gasteiger partial charge on any atom is 0.252 e.